The second-order valence-electron chi connectivity index (χ2n) is 5.64. The Bertz CT molecular complexity index is 421. The van der Waals surface area contributed by atoms with Gasteiger partial charge in [-0.05, 0) is 33.8 Å². The highest BCUT2D eigenvalue weighted by Crippen LogP contribution is 2.26. The molecule has 1 N–H and O–H groups in total. The maximum Gasteiger partial charge on any atom is 0.128 e. The van der Waals surface area contributed by atoms with Crippen molar-refractivity contribution in [2.75, 3.05) is 7.11 Å². The van der Waals surface area contributed by atoms with Crippen molar-refractivity contribution in [2.24, 2.45) is 0 Å². The van der Waals surface area contributed by atoms with Crippen LogP contribution in [0.1, 0.15) is 33.3 Å². The minimum Gasteiger partial charge on any atom is -0.497 e. The van der Waals surface area contributed by atoms with E-state index in [1.54, 1.807) is 13.2 Å². The number of benzene rings is 1. The van der Waals surface area contributed by atoms with Gasteiger partial charge in [0.15, 0.2) is 0 Å². The van der Waals surface area contributed by atoms with Gasteiger partial charge in [0.05, 0.1) is 7.11 Å². The van der Waals surface area contributed by atoms with Gasteiger partial charge < -0.3 is 14.8 Å². The molecule has 3 nitrogen and oxygen atoms in total. The molecule has 0 saturated carbocycles. The fourth-order valence-corrected chi connectivity index (χ4v) is 1.53. The third-order valence-corrected chi connectivity index (χ3v) is 2.73. The van der Waals surface area contributed by atoms with Crippen LogP contribution in [0.2, 0.25) is 0 Å². The lowest BCUT2D eigenvalue weighted by Crippen LogP contribution is -2.35. The van der Waals surface area contributed by atoms with E-state index in [4.69, 9.17) is 9.47 Å². The fourth-order valence-electron chi connectivity index (χ4n) is 1.53. The largest absolute Gasteiger partial charge is 0.497 e. The summed E-state index contributed by atoms with van der Waals surface area (Å²) in [4.78, 5) is 0. The summed E-state index contributed by atoms with van der Waals surface area (Å²) in [5.74, 6) is 1.63. The molecular weight excluding hydrogens is 238 g/mol. The zero-order valence-electron chi connectivity index (χ0n) is 12.6. The molecule has 0 saturated heterocycles. The van der Waals surface area contributed by atoms with Crippen LogP contribution in [-0.2, 0) is 6.54 Å². The van der Waals surface area contributed by atoms with Crippen molar-refractivity contribution in [1.29, 1.82) is 0 Å². The molecule has 0 amide bonds. The molecule has 19 heavy (non-hydrogen) atoms. The Morgan fingerprint density at radius 2 is 2.05 bits per heavy atom. The normalized spacial score (nSPS) is 12.9. The smallest absolute Gasteiger partial charge is 0.128 e. The highest BCUT2D eigenvalue weighted by atomic mass is 16.5. The first-order chi connectivity index (χ1) is 8.85. The summed E-state index contributed by atoms with van der Waals surface area (Å²) in [6, 6.07) is 5.90. The predicted molar refractivity (Wildman–Crippen MR) is 79.9 cm³/mol. The molecule has 0 aliphatic carbocycles. The predicted octanol–water partition coefficient (Wildman–Crippen LogP) is 3.54. The standard InChI is InChI=1S/C16H25NO2/c1-7-12(2)19-15-10-14(18-6)9-8-13(15)11-17-16(3,4)5/h7-10,12,17H,1,11H2,2-6H3. The first kappa shape index (κ1) is 15.6. The van der Waals surface area contributed by atoms with E-state index in [0.29, 0.717) is 0 Å². The van der Waals surface area contributed by atoms with E-state index in [-0.39, 0.29) is 11.6 Å². The highest BCUT2D eigenvalue weighted by Gasteiger charge is 2.12. The Kier molecular flexibility index (Phi) is 5.43. The number of methoxy groups -OCH3 is 1. The molecule has 1 unspecified atom stereocenters. The van der Waals surface area contributed by atoms with Gasteiger partial charge >= 0.3 is 0 Å². The Labute approximate surface area is 116 Å². The monoisotopic (exact) mass is 263 g/mol. The molecule has 0 aromatic heterocycles. The van der Waals surface area contributed by atoms with E-state index in [0.717, 1.165) is 23.6 Å². The minimum atomic E-state index is -0.0273. The fraction of sp³-hybridized carbons (Fsp3) is 0.500. The van der Waals surface area contributed by atoms with Crippen molar-refractivity contribution in [1.82, 2.24) is 5.32 Å². The maximum atomic E-state index is 5.86. The van der Waals surface area contributed by atoms with Crippen LogP contribution in [0.15, 0.2) is 30.9 Å². The molecule has 0 heterocycles. The van der Waals surface area contributed by atoms with Gasteiger partial charge in [0.1, 0.15) is 17.6 Å². The molecule has 3 heteroatoms. The van der Waals surface area contributed by atoms with Crippen LogP contribution in [0.25, 0.3) is 0 Å². The highest BCUT2D eigenvalue weighted by molar-refractivity contribution is 5.41. The van der Waals surface area contributed by atoms with Gasteiger partial charge in [0.25, 0.3) is 0 Å². The summed E-state index contributed by atoms with van der Waals surface area (Å²) in [5.41, 5.74) is 1.19. The van der Waals surface area contributed by atoms with Crippen molar-refractivity contribution in [3.8, 4) is 11.5 Å². The molecule has 1 aromatic carbocycles. The van der Waals surface area contributed by atoms with E-state index in [9.17, 15) is 0 Å². The summed E-state index contributed by atoms with van der Waals surface area (Å²) in [6.07, 6.45) is 1.75. The summed E-state index contributed by atoms with van der Waals surface area (Å²) in [6.45, 7) is 12.9. The van der Waals surface area contributed by atoms with Gasteiger partial charge in [-0.2, -0.15) is 0 Å². The summed E-state index contributed by atoms with van der Waals surface area (Å²) >= 11 is 0. The molecule has 0 radical (unpaired) electrons. The minimum absolute atomic E-state index is 0.0273. The van der Waals surface area contributed by atoms with Crippen molar-refractivity contribution >= 4 is 0 Å². The number of rotatable bonds is 6. The number of hydrogen-bond donors (Lipinski definition) is 1. The van der Waals surface area contributed by atoms with Gasteiger partial charge in [-0.3, -0.25) is 0 Å². The number of nitrogens with one attached hydrogen (secondary N) is 1. The molecular formula is C16H25NO2. The third kappa shape index (κ3) is 5.35. The molecule has 106 valence electrons. The Morgan fingerprint density at radius 1 is 1.37 bits per heavy atom. The average Bonchev–Trinajstić information content (AvgIpc) is 2.35. The molecule has 0 aliphatic rings. The lowest BCUT2D eigenvalue weighted by atomic mass is 10.1. The van der Waals surface area contributed by atoms with Crippen LogP contribution in [0.3, 0.4) is 0 Å². The summed E-state index contributed by atoms with van der Waals surface area (Å²) < 4.78 is 11.1. The third-order valence-electron chi connectivity index (χ3n) is 2.73. The van der Waals surface area contributed by atoms with E-state index >= 15 is 0 Å². The lowest BCUT2D eigenvalue weighted by molar-refractivity contribution is 0.264. The van der Waals surface area contributed by atoms with E-state index < -0.39 is 0 Å². The van der Waals surface area contributed by atoms with Gasteiger partial charge in [-0.1, -0.05) is 18.7 Å². The van der Waals surface area contributed by atoms with Gasteiger partial charge in [0.2, 0.25) is 0 Å². The second-order valence-corrected chi connectivity index (χ2v) is 5.64. The Hall–Kier alpha value is -1.48. The average molecular weight is 263 g/mol. The first-order valence-electron chi connectivity index (χ1n) is 6.57. The molecule has 1 rings (SSSR count). The van der Waals surface area contributed by atoms with Crippen LogP contribution in [0, 0.1) is 0 Å². The van der Waals surface area contributed by atoms with Crippen molar-refractivity contribution in [3.63, 3.8) is 0 Å². The summed E-state index contributed by atoms with van der Waals surface area (Å²) in [5, 5.41) is 3.46. The van der Waals surface area contributed by atoms with Crippen LogP contribution in [-0.4, -0.2) is 18.8 Å². The molecule has 0 spiro atoms. The van der Waals surface area contributed by atoms with Crippen LogP contribution >= 0.6 is 0 Å². The van der Waals surface area contributed by atoms with Crippen LogP contribution in [0.4, 0.5) is 0 Å². The van der Waals surface area contributed by atoms with Crippen LogP contribution in [0.5, 0.6) is 11.5 Å². The summed E-state index contributed by atoms with van der Waals surface area (Å²) in [7, 11) is 1.66. The first-order valence-corrected chi connectivity index (χ1v) is 6.57. The van der Waals surface area contributed by atoms with E-state index in [2.05, 4.69) is 32.7 Å². The van der Waals surface area contributed by atoms with Gasteiger partial charge in [0, 0.05) is 23.7 Å². The molecule has 1 atom stereocenters. The zero-order valence-corrected chi connectivity index (χ0v) is 12.6. The molecule has 0 aliphatic heterocycles. The Balaban J connectivity index is 2.91. The van der Waals surface area contributed by atoms with Gasteiger partial charge in [-0.25, -0.2) is 0 Å². The maximum absolute atomic E-state index is 5.86. The van der Waals surface area contributed by atoms with E-state index in [1.165, 1.54) is 0 Å². The van der Waals surface area contributed by atoms with Gasteiger partial charge in [-0.15, -0.1) is 0 Å². The second kappa shape index (κ2) is 6.62. The van der Waals surface area contributed by atoms with Crippen molar-refractivity contribution in [2.45, 2.75) is 45.9 Å². The Morgan fingerprint density at radius 3 is 2.58 bits per heavy atom. The van der Waals surface area contributed by atoms with E-state index in [1.807, 2.05) is 25.1 Å². The number of hydrogen-bond acceptors (Lipinski definition) is 3. The van der Waals surface area contributed by atoms with Crippen LogP contribution < -0.4 is 14.8 Å². The SMILES string of the molecule is C=CC(C)Oc1cc(OC)ccc1CNC(C)(C)C. The quantitative estimate of drug-likeness (QED) is 0.796. The number of ether oxygens (including phenoxy) is 2. The molecule has 1 aromatic rings. The van der Waals surface area contributed by atoms with Crippen molar-refractivity contribution in [3.05, 3.63) is 36.4 Å². The molecule has 0 bridgehead atoms. The zero-order chi connectivity index (χ0) is 14.5. The topological polar surface area (TPSA) is 30.5 Å². The molecule has 0 fully saturated rings. The van der Waals surface area contributed by atoms with Crippen molar-refractivity contribution < 1.29 is 9.47 Å². The lowest BCUT2D eigenvalue weighted by Gasteiger charge is -2.22.